The van der Waals surface area contributed by atoms with Crippen molar-refractivity contribution in [3.05, 3.63) is 28.9 Å². The Morgan fingerprint density at radius 3 is 3.06 bits per heavy atom. The summed E-state index contributed by atoms with van der Waals surface area (Å²) in [5.74, 6) is 0.911. The van der Waals surface area contributed by atoms with Crippen LogP contribution in [0.4, 0.5) is 5.82 Å². The average molecular weight is 280 g/mol. The van der Waals surface area contributed by atoms with Gasteiger partial charge in [0.2, 0.25) is 5.91 Å². The molecule has 4 nitrogen and oxygen atoms in total. The highest BCUT2D eigenvalue weighted by molar-refractivity contribution is 9.10. The maximum atomic E-state index is 11.5. The van der Waals surface area contributed by atoms with Gasteiger partial charge >= 0.3 is 0 Å². The monoisotopic (exact) mass is 279 g/mol. The fourth-order valence-electron chi connectivity index (χ4n) is 1.60. The van der Waals surface area contributed by atoms with Crippen LogP contribution in [0.15, 0.2) is 28.9 Å². The Morgan fingerprint density at radius 2 is 2.31 bits per heavy atom. The van der Waals surface area contributed by atoms with Gasteiger partial charge in [-0.25, -0.2) is 4.52 Å². The first-order chi connectivity index (χ1) is 7.72. The molecular formula is C11H10BrN3O. The summed E-state index contributed by atoms with van der Waals surface area (Å²) in [6.07, 6.45) is 3.87. The van der Waals surface area contributed by atoms with Crippen molar-refractivity contribution in [3.8, 4) is 0 Å². The van der Waals surface area contributed by atoms with Crippen molar-refractivity contribution >= 4 is 33.2 Å². The van der Waals surface area contributed by atoms with E-state index in [-0.39, 0.29) is 11.8 Å². The smallest absolute Gasteiger partial charge is 0.228 e. The van der Waals surface area contributed by atoms with Gasteiger partial charge < -0.3 is 5.32 Å². The molecule has 1 fully saturated rings. The number of aromatic nitrogens is 2. The number of carbonyl (C=O) groups excluding carboxylic acids is 1. The third kappa shape index (κ3) is 1.82. The van der Waals surface area contributed by atoms with E-state index >= 15 is 0 Å². The third-order valence-electron chi connectivity index (χ3n) is 2.62. The van der Waals surface area contributed by atoms with Gasteiger partial charge in [0, 0.05) is 22.7 Å². The molecule has 1 aliphatic carbocycles. The van der Waals surface area contributed by atoms with Crippen LogP contribution in [0.1, 0.15) is 12.8 Å². The van der Waals surface area contributed by atoms with Gasteiger partial charge in [-0.1, -0.05) is 0 Å². The van der Waals surface area contributed by atoms with Gasteiger partial charge in [0.1, 0.15) is 0 Å². The lowest BCUT2D eigenvalue weighted by Crippen LogP contribution is -2.13. The lowest BCUT2D eigenvalue weighted by Gasteiger charge is -1.97. The summed E-state index contributed by atoms with van der Waals surface area (Å²) < 4.78 is 2.70. The number of hydrogen-bond acceptors (Lipinski definition) is 2. The van der Waals surface area contributed by atoms with Crippen LogP contribution in [0.5, 0.6) is 0 Å². The van der Waals surface area contributed by atoms with Crippen LogP contribution in [-0.4, -0.2) is 15.5 Å². The molecule has 2 aromatic rings. The molecule has 0 aliphatic heterocycles. The fourth-order valence-corrected chi connectivity index (χ4v) is 1.92. The van der Waals surface area contributed by atoms with Gasteiger partial charge in [-0.05, 0) is 40.9 Å². The maximum Gasteiger partial charge on any atom is 0.228 e. The predicted molar refractivity (Wildman–Crippen MR) is 64.2 cm³/mol. The molecule has 3 rings (SSSR count). The Kier molecular flexibility index (Phi) is 2.21. The largest absolute Gasteiger partial charge is 0.309 e. The number of nitrogens with zero attached hydrogens (tertiary/aromatic N) is 2. The average Bonchev–Trinajstić information content (AvgIpc) is 3.00. The van der Waals surface area contributed by atoms with Gasteiger partial charge in [-0.2, -0.15) is 0 Å². The van der Waals surface area contributed by atoms with E-state index in [0.29, 0.717) is 5.82 Å². The minimum atomic E-state index is 0.0856. The Morgan fingerprint density at radius 1 is 1.50 bits per heavy atom. The van der Waals surface area contributed by atoms with E-state index in [1.54, 1.807) is 4.52 Å². The second-order valence-corrected chi connectivity index (χ2v) is 4.93. The summed E-state index contributed by atoms with van der Waals surface area (Å²) in [5.41, 5.74) is 0.967. The van der Waals surface area contributed by atoms with Crippen molar-refractivity contribution < 1.29 is 4.79 Å². The zero-order valence-electron chi connectivity index (χ0n) is 8.48. The number of anilines is 1. The molecule has 2 heterocycles. The first-order valence-corrected chi connectivity index (χ1v) is 5.97. The first-order valence-electron chi connectivity index (χ1n) is 5.18. The molecule has 16 heavy (non-hydrogen) atoms. The number of carbonyl (C=O) groups is 1. The zero-order valence-corrected chi connectivity index (χ0v) is 10.1. The van der Waals surface area contributed by atoms with Crippen LogP contribution in [0.2, 0.25) is 0 Å². The van der Waals surface area contributed by atoms with Crippen molar-refractivity contribution in [2.45, 2.75) is 12.8 Å². The van der Waals surface area contributed by atoms with E-state index in [0.717, 1.165) is 22.8 Å². The molecule has 2 aromatic heterocycles. The van der Waals surface area contributed by atoms with Crippen LogP contribution in [0.3, 0.4) is 0 Å². The zero-order chi connectivity index (χ0) is 11.1. The van der Waals surface area contributed by atoms with Crippen molar-refractivity contribution in [3.63, 3.8) is 0 Å². The summed E-state index contributed by atoms with van der Waals surface area (Å²) >= 11 is 3.38. The van der Waals surface area contributed by atoms with Crippen molar-refractivity contribution in [1.29, 1.82) is 0 Å². The molecule has 5 heteroatoms. The van der Waals surface area contributed by atoms with Crippen LogP contribution < -0.4 is 5.32 Å². The third-order valence-corrected chi connectivity index (χ3v) is 3.09. The number of rotatable bonds is 2. The highest BCUT2D eigenvalue weighted by atomic mass is 79.9. The van der Waals surface area contributed by atoms with E-state index in [9.17, 15) is 4.79 Å². The quantitative estimate of drug-likeness (QED) is 0.918. The van der Waals surface area contributed by atoms with Crippen LogP contribution in [0.25, 0.3) is 5.52 Å². The van der Waals surface area contributed by atoms with Gasteiger partial charge in [0.15, 0.2) is 5.82 Å². The number of amides is 1. The Balaban J connectivity index is 1.89. The summed E-state index contributed by atoms with van der Waals surface area (Å²) in [7, 11) is 0. The standard InChI is InChI=1S/C11H10BrN3O/c12-8-3-4-9-5-10(14-15(9)6-8)13-11(16)7-1-2-7/h3-7H,1-2H2,(H,13,14,16). The highest BCUT2D eigenvalue weighted by Crippen LogP contribution is 2.30. The van der Waals surface area contributed by atoms with Gasteiger partial charge in [0.25, 0.3) is 0 Å². The Labute approximate surface area is 101 Å². The topological polar surface area (TPSA) is 46.4 Å². The van der Waals surface area contributed by atoms with E-state index in [2.05, 4.69) is 26.3 Å². The lowest BCUT2D eigenvalue weighted by atomic mass is 10.4. The molecule has 0 bridgehead atoms. The van der Waals surface area contributed by atoms with Gasteiger partial charge in [-0.15, -0.1) is 5.10 Å². The first kappa shape index (κ1) is 9.84. The molecule has 0 unspecified atom stereocenters. The van der Waals surface area contributed by atoms with Crippen molar-refractivity contribution in [1.82, 2.24) is 9.61 Å². The second kappa shape index (κ2) is 3.59. The number of nitrogens with one attached hydrogen (secondary N) is 1. The predicted octanol–water partition coefficient (Wildman–Crippen LogP) is 2.45. The molecule has 1 amide bonds. The summed E-state index contributed by atoms with van der Waals surface area (Å²) in [6.45, 7) is 0. The molecule has 1 N–H and O–H groups in total. The number of halogens is 1. The Hall–Kier alpha value is -1.36. The summed E-state index contributed by atoms with van der Waals surface area (Å²) in [5, 5.41) is 7.10. The lowest BCUT2D eigenvalue weighted by molar-refractivity contribution is -0.117. The fraction of sp³-hybridized carbons (Fsp3) is 0.273. The molecule has 82 valence electrons. The van der Waals surface area contributed by atoms with E-state index < -0.39 is 0 Å². The van der Waals surface area contributed by atoms with Gasteiger partial charge in [0.05, 0.1) is 5.52 Å². The molecule has 0 spiro atoms. The minimum Gasteiger partial charge on any atom is -0.309 e. The van der Waals surface area contributed by atoms with E-state index in [1.165, 1.54) is 0 Å². The molecular weight excluding hydrogens is 270 g/mol. The van der Waals surface area contributed by atoms with Crippen LogP contribution in [0, 0.1) is 5.92 Å². The van der Waals surface area contributed by atoms with Crippen molar-refractivity contribution in [2.75, 3.05) is 5.32 Å². The molecule has 0 atom stereocenters. The number of pyridine rings is 1. The number of hydrogen-bond donors (Lipinski definition) is 1. The van der Waals surface area contributed by atoms with Crippen LogP contribution >= 0.6 is 15.9 Å². The van der Waals surface area contributed by atoms with Crippen LogP contribution in [-0.2, 0) is 4.79 Å². The van der Waals surface area contributed by atoms with E-state index in [1.807, 2.05) is 24.4 Å². The normalized spacial score (nSPS) is 15.3. The van der Waals surface area contributed by atoms with Gasteiger partial charge in [-0.3, -0.25) is 4.79 Å². The highest BCUT2D eigenvalue weighted by Gasteiger charge is 2.29. The molecule has 1 aliphatic rings. The maximum absolute atomic E-state index is 11.5. The second-order valence-electron chi connectivity index (χ2n) is 4.01. The van der Waals surface area contributed by atoms with Crippen molar-refractivity contribution in [2.24, 2.45) is 5.92 Å². The molecule has 0 saturated heterocycles. The molecule has 0 aromatic carbocycles. The summed E-state index contributed by atoms with van der Waals surface area (Å²) in [6, 6.07) is 5.76. The molecule has 0 radical (unpaired) electrons. The molecule has 1 saturated carbocycles. The SMILES string of the molecule is O=C(Nc1cc2ccc(Br)cn2n1)C1CC1. The minimum absolute atomic E-state index is 0.0856. The Bertz CT molecular complexity index is 559. The van der Waals surface area contributed by atoms with E-state index in [4.69, 9.17) is 0 Å². The number of fused-ring (bicyclic) bond motifs is 1. The summed E-state index contributed by atoms with van der Waals surface area (Å²) in [4.78, 5) is 11.5.